The Kier molecular flexibility index (Phi) is 42.1. The summed E-state index contributed by atoms with van der Waals surface area (Å²) in [5.41, 5.74) is 4.95. The molecule has 0 aliphatic carbocycles. The summed E-state index contributed by atoms with van der Waals surface area (Å²) in [6, 6.07) is 6.58. The Morgan fingerprint density at radius 2 is 0.944 bits per heavy atom. The van der Waals surface area contributed by atoms with Crippen LogP contribution in [0, 0.1) is 0 Å². The van der Waals surface area contributed by atoms with Crippen molar-refractivity contribution in [2.75, 3.05) is 11.0 Å². The van der Waals surface area contributed by atoms with Gasteiger partial charge in [0.25, 0.3) is 0 Å². The number of benzene rings is 1. The highest BCUT2D eigenvalue weighted by Crippen LogP contribution is 2.12. The fourth-order valence-electron chi connectivity index (χ4n) is 0.658. The van der Waals surface area contributed by atoms with E-state index >= 15 is 0 Å². The lowest BCUT2D eigenvalue weighted by Gasteiger charge is -2.00. The Bertz CT molecular complexity index is 199. The third-order valence-electron chi connectivity index (χ3n) is 1.12. The summed E-state index contributed by atoms with van der Waals surface area (Å²) in [7, 11) is 0. The van der Waals surface area contributed by atoms with Crippen molar-refractivity contribution in [1.29, 1.82) is 0 Å². The van der Waals surface area contributed by atoms with Crippen LogP contribution in [0.25, 0.3) is 0 Å². The van der Waals surface area contributed by atoms with E-state index in [1.807, 2.05) is 66.4 Å². The second-order valence-electron chi connectivity index (χ2n) is 1.80. The van der Waals surface area contributed by atoms with Gasteiger partial charge in [0.15, 0.2) is 0 Å². The minimum atomic E-state index is 0.527. The average Bonchev–Trinajstić information content (AvgIpc) is 2.55. The molecule has 0 amide bonds. The normalized spacial score (nSPS) is 6.33. The smallest absolute Gasteiger partial charge is 0.0623 e. The molecule has 4 nitrogen and oxygen atoms in total. The lowest BCUT2D eigenvalue weighted by atomic mass is 10.3. The summed E-state index contributed by atoms with van der Waals surface area (Å²) in [5.74, 6) is 0. The van der Waals surface area contributed by atoms with E-state index in [1.54, 1.807) is 24.3 Å². The molecule has 0 aliphatic rings. The highest BCUT2D eigenvalue weighted by Gasteiger charge is 1.89. The number of anilines is 2. The zero-order chi connectivity index (χ0) is 15.4. The maximum Gasteiger partial charge on any atom is 0.0623 e. The summed E-state index contributed by atoms with van der Waals surface area (Å²) < 4.78 is 0. The van der Waals surface area contributed by atoms with Crippen LogP contribution in [-0.4, -0.2) is 10.4 Å². The Hall–Kier alpha value is -1.26. The van der Waals surface area contributed by atoms with Gasteiger partial charge in [-0.15, -0.1) is 0 Å². The van der Waals surface area contributed by atoms with Crippen molar-refractivity contribution in [3.8, 4) is 0 Å². The fraction of sp³-hybridized carbons (Fsp3) is 0.571. The van der Waals surface area contributed by atoms with Crippen LogP contribution in [-0.2, 0) is 0 Å². The van der Waals surface area contributed by atoms with Crippen molar-refractivity contribution in [2.24, 2.45) is 0 Å². The van der Waals surface area contributed by atoms with Gasteiger partial charge in [-0.3, -0.25) is 21.4 Å². The molecule has 0 aliphatic heterocycles. The molecule has 1 rings (SSSR count). The number of hydrogen-bond donors (Lipinski definition) is 4. The summed E-state index contributed by atoms with van der Waals surface area (Å²) >= 11 is 0. The Labute approximate surface area is 113 Å². The molecule has 0 saturated heterocycles. The first-order valence-electron chi connectivity index (χ1n) is 6.77. The third kappa shape index (κ3) is 17.1. The summed E-state index contributed by atoms with van der Waals surface area (Å²) in [4.78, 5) is 0. The molecule has 0 heterocycles. The standard InChI is InChI=1S/C6H8N2O2.4C2H6/c9-7-5-2-1-3-6(4-5)8-10;4*1-2/h1-4,7-10H;4*1-2H3. The maximum atomic E-state index is 8.40. The molecule has 0 atom stereocenters. The van der Waals surface area contributed by atoms with Crippen molar-refractivity contribution in [3.63, 3.8) is 0 Å². The maximum absolute atomic E-state index is 8.40. The zero-order valence-corrected chi connectivity index (χ0v) is 13.2. The molecule has 0 aromatic heterocycles. The third-order valence-corrected chi connectivity index (χ3v) is 1.12. The van der Waals surface area contributed by atoms with Crippen molar-refractivity contribution < 1.29 is 10.4 Å². The molecule has 0 spiro atoms. The van der Waals surface area contributed by atoms with Gasteiger partial charge >= 0.3 is 0 Å². The minimum absolute atomic E-state index is 0.527. The molecule has 0 unspecified atom stereocenters. The van der Waals surface area contributed by atoms with Crippen molar-refractivity contribution in [2.45, 2.75) is 55.4 Å². The predicted octanol–water partition coefficient (Wildman–Crippen LogP) is 5.39. The predicted molar refractivity (Wildman–Crippen MR) is 82.7 cm³/mol. The summed E-state index contributed by atoms with van der Waals surface area (Å²) in [5, 5.41) is 16.8. The summed E-state index contributed by atoms with van der Waals surface area (Å²) in [6.07, 6.45) is 0. The molecule has 1 aromatic carbocycles. The van der Waals surface area contributed by atoms with Gasteiger partial charge in [0.2, 0.25) is 0 Å². The van der Waals surface area contributed by atoms with Crippen LogP contribution in [0.5, 0.6) is 0 Å². The van der Waals surface area contributed by atoms with Gasteiger partial charge in [-0.05, 0) is 18.2 Å². The van der Waals surface area contributed by atoms with Gasteiger partial charge < -0.3 is 0 Å². The first kappa shape index (κ1) is 25.6. The van der Waals surface area contributed by atoms with Crippen LogP contribution in [0.1, 0.15) is 55.4 Å². The van der Waals surface area contributed by atoms with Crippen LogP contribution in [0.15, 0.2) is 24.3 Å². The summed E-state index contributed by atoms with van der Waals surface area (Å²) in [6.45, 7) is 16.0. The lowest BCUT2D eigenvalue weighted by Crippen LogP contribution is -1.92. The molecule has 0 radical (unpaired) electrons. The van der Waals surface area contributed by atoms with Crippen LogP contribution in [0.3, 0.4) is 0 Å². The van der Waals surface area contributed by atoms with Gasteiger partial charge in [0.05, 0.1) is 11.4 Å². The monoisotopic (exact) mass is 260 g/mol. The van der Waals surface area contributed by atoms with Gasteiger partial charge in [0.1, 0.15) is 0 Å². The first-order valence-corrected chi connectivity index (χ1v) is 6.77. The second-order valence-corrected chi connectivity index (χ2v) is 1.80. The topological polar surface area (TPSA) is 64.5 Å². The molecule has 4 N–H and O–H groups in total. The van der Waals surface area contributed by atoms with E-state index in [1.165, 1.54) is 0 Å². The van der Waals surface area contributed by atoms with Crippen molar-refractivity contribution in [1.82, 2.24) is 0 Å². The quantitative estimate of drug-likeness (QED) is 0.538. The first-order chi connectivity index (χ1) is 8.86. The Morgan fingerprint density at radius 1 is 0.667 bits per heavy atom. The number of rotatable bonds is 2. The van der Waals surface area contributed by atoms with E-state index in [0.717, 1.165) is 0 Å². The largest absolute Gasteiger partial charge is 0.291 e. The van der Waals surface area contributed by atoms with Gasteiger partial charge in [-0.1, -0.05) is 61.5 Å². The molecule has 18 heavy (non-hydrogen) atoms. The lowest BCUT2D eigenvalue weighted by molar-refractivity contribution is 0.385. The minimum Gasteiger partial charge on any atom is -0.291 e. The number of hydrogen-bond acceptors (Lipinski definition) is 4. The number of nitrogens with one attached hydrogen (secondary N) is 2. The average molecular weight is 260 g/mol. The molecule has 0 saturated carbocycles. The molecular weight excluding hydrogens is 228 g/mol. The van der Waals surface area contributed by atoms with E-state index in [2.05, 4.69) is 0 Å². The highest BCUT2D eigenvalue weighted by atomic mass is 16.5. The van der Waals surface area contributed by atoms with Crippen LogP contribution in [0.2, 0.25) is 0 Å². The Morgan fingerprint density at radius 3 is 1.17 bits per heavy atom. The van der Waals surface area contributed by atoms with Crippen molar-refractivity contribution >= 4 is 11.4 Å². The SMILES string of the molecule is CC.CC.CC.CC.ONc1cccc(NO)c1. The molecular formula is C14H32N2O2. The molecule has 0 fully saturated rings. The van der Waals surface area contributed by atoms with E-state index in [0.29, 0.717) is 11.4 Å². The highest BCUT2D eigenvalue weighted by molar-refractivity contribution is 5.54. The van der Waals surface area contributed by atoms with Crippen LogP contribution in [0.4, 0.5) is 11.4 Å². The van der Waals surface area contributed by atoms with Gasteiger partial charge in [0, 0.05) is 0 Å². The molecule has 0 bridgehead atoms. The molecule has 1 aromatic rings. The van der Waals surface area contributed by atoms with E-state index < -0.39 is 0 Å². The molecule has 110 valence electrons. The van der Waals surface area contributed by atoms with Crippen molar-refractivity contribution in [3.05, 3.63) is 24.3 Å². The fourth-order valence-corrected chi connectivity index (χ4v) is 0.658. The van der Waals surface area contributed by atoms with Gasteiger partial charge in [-0.25, -0.2) is 0 Å². The van der Waals surface area contributed by atoms with Gasteiger partial charge in [-0.2, -0.15) is 0 Å². The van der Waals surface area contributed by atoms with E-state index in [4.69, 9.17) is 10.4 Å². The second kappa shape index (κ2) is 29.6. The molecule has 4 heteroatoms. The van der Waals surface area contributed by atoms with E-state index in [9.17, 15) is 0 Å². The van der Waals surface area contributed by atoms with E-state index in [-0.39, 0.29) is 0 Å². The Balaban J connectivity index is -0.000000105. The van der Waals surface area contributed by atoms with Crippen LogP contribution < -0.4 is 11.0 Å². The zero-order valence-electron chi connectivity index (χ0n) is 13.2. The van der Waals surface area contributed by atoms with Crippen LogP contribution >= 0.6 is 0 Å².